The second-order valence-electron chi connectivity index (χ2n) is 5.39. The zero-order valence-corrected chi connectivity index (χ0v) is 14.2. The van der Waals surface area contributed by atoms with Gasteiger partial charge in [0.1, 0.15) is 12.4 Å². The number of hydrogen-bond acceptors (Lipinski definition) is 4. The van der Waals surface area contributed by atoms with Crippen LogP contribution >= 0.6 is 0 Å². The summed E-state index contributed by atoms with van der Waals surface area (Å²) >= 11 is 0. The number of anilines is 1. The van der Waals surface area contributed by atoms with Crippen LogP contribution in [0.15, 0.2) is 48.5 Å². The first-order chi connectivity index (χ1) is 11.7. The standard InChI is InChI=1S/C18H19FN2O3.Li/c19-16-12-15(6-7-17(16)21-8-10-23-11-9-21)20-18(22)24-13-14-4-2-1-3-5-14;/h1-7,12H,8-11,13H2,(H,20,22);/q;+1/p-1. The zero-order chi connectivity index (χ0) is 16.8. The van der Waals surface area contributed by atoms with Crippen LogP contribution in [0, 0.1) is 5.82 Å². The second kappa shape index (κ2) is 9.47. The van der Waals surface area contributed by atoms with E-state index in [0.717, 1.165) is 5.56 Å². The molecule has 25 heavy (non-hydrogen) atoms. The molecule has 0 radical (unpaired) electrons. The van der Waals surface area contributed by atoms with Crippen LogP contribution in [0.1, 0.15) is 5.56 Å². The Morgan fingerprint density at radius 3 is 2.56 bits per heavy atom. The van der Waals surface area contributed by atoms with Gasteiger partial charge in [-0.25, -0.2) is 4.39 Å². The van der Waals surface area contributed by atoms with Crippen LogP contribution in [0.3, 0.4) is 0 Å². The average molecular weight is 336 g/mol. The molecule has 0 aliphatic carbocycles. The maximum Gasteiger partial charge on any atom is 1.00 e. The maximum absolute atomic E-state index is 14.2. The number of benzene rings is 2. The summed E-state index contributed by atoms with van der Waals surface area (Å²) in [7, 11) is 0. The Morgan fingerprint density at radius 2 is 1.88 bits per heavy atom. The average Bonchev–Trinajstić information content (AvgIpc) is 2.62. The van der Waals surface area contributed by atoms with Gasteiger partial charge in [0.05, 0.1) is 18.9 Å². The minimum atomic E-state index is -0.739. The molecule has 0 spiro atoms. The molecule has 1 fully saturated rings. The van der Waals surface area contributed by atoms with Gasteiger partial charge in [0.15, 0.2) is 0 Å². The van der Waals surface area contributed by atoms with Crippen molar-refractivity contribution in [1.29, 1.82) is 0 Å². The Morgan fingerprint density at radius 1 is 1.16 bits per heavy atom. The molecule has 2 aromatic carbocycles. The molecule has 0 atom stereocenters. The summed E-state index contributed by atoms with van der Waals surface area (Å²) in [6.45, 7) is 2.59. The largest absolute Gasteiger partial charge is 1.00 e. The van der Waals surface area contributed by atoms with E-state index in [1.165, 1.54) is 6.07 Å². The third kappa shape index (κ3) is 5.50. The van der Waals surface area contributed by atoms with Gasteiger partial charge in [0.25, 0.3) is 0 Å². The van der Waals surface area contributed by atoms with Crippen LogP contribution in [-0.2, 0) is 16.1 Å². The Bertz CT molecular complexity index is 694. The van der Waals surface area contributed by atoms with Crippen LogP contribution in [0.4, 0.5) is 20.6 Å². The summed E-state index contributed by atoms with van der Waals surface area (Å²) in [6, 6.07) is 13.8. The summed E-state index contributed by atoms with van der Waals surface area (Å²) in [5.74, 6) is -0.408. The maximum atomic E-state index is 14.2. The minimum absolute atomic E-state index is 0. The van der Waals surface area contributed by atoms with Crippen molar-refractivity contribution >= 4 is 17.5 Å². The molecule has 1 aliphatic rings. The first-order valence-electron chi connectivity index (χ1n) is 7.77. The molecule has 1 amide bonds. The van der Waals surface area contributed by atoms with E-state index in [-0.39, 0.29) is 31.2 Å². The fraction of sp³-hybridized carbons (Fsp3) is 0.278. The molecule has 0 aromatic heterocycles. The molecule has 1 heterocycles. The number of ether oxygens (including phenoxy) is 2. The van der Waals surface area contributed by atoms with Gasteiger partial charge in [-0.15, -0.1) is 5.69 Å². The van der Waals surface area contributed by atoms with Crippen molar-refractivity contribution in [2.75, 3.05) is 31.2 Å². The minimum Gasteiger partial charge on any atom is -0.591 e. The summed E-state index contributed by atoms with van der Waals surface area (Å²) in [4.78, 5) is 13.7. The fourth-order valence-electron chi connectivity index (χ4n) is 2.48. The molecule has 0 N–H and O–H groups in total. The van der Waals surface area contributed by atoms with Crippen molar-refractivity contribution < 1.29 is 37.5 Å². The molecule has 7 heteroatoms. The van der Waals surface area contributed by atoms with Gasteiger partial charge in [0.2, 0.25) is 6.09 Å². The number of hydrogen-bond donors (Lipinski definition) is 0. The van der Waals surface area contributed by atoms with Crippen LogP contribution in [0.2, 0.25) is 0 Å². The number of morpholine rings is 1. The van der Waals surface area contributed by atoms with Gasteiger partial charge in [-0.3, -0.25) is 4.79 Å². The van der Waals surface area contributed by atoms with Crippen molar-refractivity contribution in [3.05, 3.63) is 65.2 Å². The molecule has 0 bridgehead atoms. The SMILES string of the molecule is O=C([N-]c1ccc(N2CCOCC2)c(F)c1)OCc1ccccc1.[Li+]. The van der Waals surface area contributed by atoms with Crippen LogP contribution in [0.5, 0.6) is 0 Å². The molecule has 3 rings (SSSR count). The van der Waals surface area contributed by atoms with Crippen molar-refractivity contribution in [2.24, 2.45) is 0 Å². The van der Waals surface area contributed by atoms with Crippen LogP contribution in [0.25, 0.3) is 5.32 Å². The third-order valence-corrected chi connectivity index (χ3v) is 3.71. The number of halogens is 1. The van der Waals surface area contributed by atoms with E-state index >= 15 is 0 Å². The number of rotatable bonds is 4. The van der Waals surface area contributed by atoms with E-state index < -0.39 is 11.9 Å². The smallest absolute Gasteiger partial charge is 0.591 e. The van der Waals surface area contributed by atoms with Crippen molar-refractivity contribution in [2.45, 2.75) is 6.61 Å². The molecule has 1 aliphatic heterocycles. The summed E-state index contributed by atoms with van der Waals surface area (Å²) in [6.07, 6.45) is -0.739. The predicted octanol–water partition coefficient (Wildman–Crippen LogP) is 1.01. The van der Waals surface area contributed by atoms with Crippen LogP contribution < -0.4 is 23.8 Å². The van der Waals surface area contributed by atoms with E-state index in [1.54, 1.807) is 12.1 Å². The van der Waals surface area contributed by atoms with E-state index in [1.807, 2.05) is 35.2 Å². The number of carbonyl (C=O) groups is 1. The molecule has 0 unspecified atom stereocenters. The molecule has 5 nitrogen and oxygen atoms in total. The predicted molar refractivity (Wildman–Crippen MR) is 89.1 cm³/mol. The van der Waals surface area contributed by atoms with E-state index in [0.29, 0.717) is 32.0 Å². The second-order valence-corrected chi connectivity index (χ2v) is 5.39. The van der Waals surface area contributed by atoms with Crippen LogP contribution in [-0.4, -0.2) is 32.4 Å². The first-order valence-corrected chi connectivity index (χ1v) is 7.77. The number of carbonyl (C=O) groups excluding carboxylic acids is 1. The third-order valence-electron chi connectivity index (χ3n) is 3.71. The van der Waals surface area contributed by atoms with E-state index in [2.05, 4.69) is 5.32 Å². The van der Waals surface area contributed by atoms with Crippen molar-refractivity contribution in [1.82, 2.24) is 0 Å². The quantitative estimate of drug-likeness (QED) is 0.782. The molecule has 2 aromatic rings. The van der Waals surface area contributed by atoms with Gasteiger partial charge >= 0.3 is 18.9 Å². The summed E-state index contributed by atoms with van der Waals surface area (Å²) in [5.41, 5.74) is 1.60. The normalized spacial score (nSPS) is 13.7. The van der Waals surface area contributed by atoms with Crippen molar-refractivity contribution in [3.63, 3.8) is 0 Å². The molecule has 1 saturated heterocycles. The van der Waals surface area contributed by atoms with E-state index in [4.69, 9.17) is 9.47 Å². The monoisotopic (exact) mass is 336 g/mol. The Hall–Kier alpha value is -2.00. The van der Waals surface area contributed by atoms with Gasteiger partial charge in [-0.1, -0.05) is 36.4 Å². The van der Waals surface area contributed by atoms with Gasteiger partial charge in [0, 0.05) is 13.1 Å². The first kappa shape index (κ1) is 19.3. The number of amides is 1. The van der Waals surface area contributed by atoms with Gasteiger partial charge in [-0.05, 0) is 17.7 Å². The fourth-order valence-corrected chi connectivity index (χ4v) is 2.48. The zero-order valence-electron chi connectivity index (χ0n) is 14.2. The summed E-state index contributed by atoms with van der Waals surface area (Å²) in [5, 5.41) is 3.78. The van der Waals surface area contributed by atoms with Gasteiger partial charge in [-0.2, -0.15) is 0 Å². The topological polar surface area (TPSA) is 52.9 Å². The molecular weight excluding hydrogens is 318 g/mol. The van der Waals surface area contributed by atoms with Gasteiger partial charge < -0.3 is 19.7 Å². The Balaban J connectivity index is 0.00000225. The summed E-state index contributed by atoms with van der Waals surface area (Å²) < 4.78 is 24.6. The molecule has 126 valence electrons. The van der Waals surface area contributed by atoms with E-state index in [9.17, 15) is 9.18 Å². The Labute approximate surface area is 158 Å². The number of nitrogens with zero attached hydrogens (tertiary/aromatic N) is 2. The Kier molecular flexibility index (Phi) is 7.32. The molecular formula is C18H18FLiN2O3. The van der Waals surface area contributed by atoms with Crippen molar-refractivity contribution in [3.8, 4) is 0 Å². The molecule has 0 saturated carbocycles.